The zero-order chi connectivity index (χ0) is 5.15. The van der Waals surface area contributed by atoms with E-state index in [4.69, 9.17) is 0 Å². The predicted molar refractivity (Wildman–Crippen MR) is 25.3 cm³/mol. The van der Waals surface area contributed by atoms with Gasteiger partial charge in [0.25, 0.3) is 0 Å². The van der Waals surface area contributed by atoms with Crippen molar-refractivity contribution in [2.75, 3.05) is 0 Å². The molecule has 0 heterocycles. The number of hydrogen-bond acceptors (Lipinski definition) is 1. The molecule has 0 bridgehead atoms. The van der Waals surface area contributed by atoms with Gasteiger partial charge in [0, 0.05) is 0 Å². The first-order valence-corrected chi connectivity index (χ1v) is 1.95. The van der Waals surface area contributed by atoms with Crippen LogP contribution in [0.5, 0.6) is 0 Å². The van der Waals surface area contributed by atoms with Crippen LogP contribution in [0.3, 0.4) is 0 Å². The molecule has 7 heavy (non-hydrogen) atoms. The van der Waals surface area contributed by atoms with Crippen LogP contribution >= 0.6 is 0 Å². The Morgan fingerprint density at radius 3 is 1.57 bits per heavy atom. The zero-order valence-corrected chi connectivity index (χ0v) is 7.75. The molecular formula is C5H9OW+. The Bertz CT molecular complexity index is 59.1. The van der Waals surface area contributed by atoms with Crippen LogP contribution in [0.15, 0.2) is 0 Å². The third-order valence-corrected chi connectivity index (χ3v) is 0.704. The van der Waals surface area contributed by atoms with Crippen LogP contribution in [0.4, 0.5) is 0 Å². The molecule has 0 spiro atoms. The Balaban J connectivity index is 0. The van der Waals surface area contributed by atoms with E-state index in [9.17, 15) is 4.79 Å². The predicted octanol–water partition coefficient (Wildman–Crippen LogP) is 1.19. The smallest absolute Gasteiger partial charge is 0.334 e. The second-order valence-electron chi connectivity index (χ2n) is 1.56. The first-order chi connectivity index (χ1) is 2.64. The molecule has 0 aromatic rings. The summed E-state index contributed by atoms with van der Waals surface area (Å²) in [6.45, 7) is 5.18. The third-order valence-electron chi connectivity index (χ3n) is 0.704. The van der Waals surface area contributed by atoms with Crippen molar-refractivity contribution in [2.24, 2.45) is 0 Å². The van der Waals surface area contributed by atoms with Gasteiger partial charge in [-0.05, 0) is 12.7 Å². The van der Waals surface area contributed by atoms with Gasteiger partial charge in [-0.3, -0.25) is 0 Å². The monoisotopic (exact) mass is 269 g/mol. The molecule has 0 aliphatic rings. The largest absolute Gasteiger partial charge is 2.00 e. The number of carbonyl (C=O) groups is 1. The van der Waals surface area contributed by atoms with E-state index in [2.05, 4.69) is 0 Å². The summed E-state index contributed by atoms with van der Waals surface area (Å²) < 4.78 is 0. The van der Waals surface area contributed by atoms with E-state index in [-0.39, 0.29) is 26.8 Å². The maximum atomic E-state index is 10.1. The minimum absolute atomic E-state index is 0. The number of hydrogen-bond donors (Lipinski definition) is 0. The van der Waals surface area contributed by atoms with Gasteiger partial charge in [-0.25, -0.2) is 0 Å². The van der Waals surface area contributed by atoms with E-state index >= 15 is 0 Å². The Hall–Kier alpha value is 0.228. The van der Waals surface area contributed by atoms with Crippen molar-refractivity contribution in [1.29, 1.82) is 0 Å². The standard InChI is InChI=1S/C5H9O.W/c1-4(2)5(3)6;/h1-3H3;/q-1;+2. The van der Waals surface area contributed by atoms with E-state index in [1.165, 1.54) is 0 Å². The van der Waals surface area contributed by atoms with Crippen molar-refractivity contribution in [3.8, 4) is 0 Å². The average molecular weight is 269 g/mol. The molecule has 0 fully saturated rings. The number of rotatable bonds is 1. The Labute approximate surface area is 58.7 Å². The minimum atomic E-state index is 0. The van der Waals surface area contributed by atoms with Crippen LogP contribution in [0.1, 0.15) is 20.8 Å². The van der Waals surface area contributed by atoms with Crippen molar-refractivity contribution in [1.82, 2.24) is 0 Å². The van der Waals surface area contributed by atoms with Crippen LogP contribution in [-0.4, -0.2) is 5.78 Å². The van der Waals surface area contributed by atoms with E-state index in [1.807, 2.05) is 13.8 Å². The fourth-order valence-electron chi connectivity index (χ4n) is 0. The third kappa shape index (κ3) is 6.23. The molecule has 0 rings (SSSR count). The summed E-state index contributed by atoms with van der Waals surface area (Å²) in [6.07, 6.45) is 0. The summed E-state index contributed by atoms with van der Waals surface area (Å²) in [5.74, 6) is 1.05. The normalized spacial score (nSPS) is 6.71. The second-order valence-corrected chi connectivity index (χ2v) is 1.56. The molecule has 0 aliphatic carbocycles. The number of Topliss-reactive ketones (excluding diaryl/α,β-unsaturated/α-hetero) is 1. The fourth-order valence-corrected chi connectivity index (χ4v) is 0. The number of carbonyl (C=O) groups excluding carboxylic acids is 1. The van der Waals surface area contributed by atoms with Crippen LogP contribution in [0.2, 0.25) is 0 Å². The van der Waals surface area contributed by atoms with Gasteiger partial charge in [-0.1, -0.05) is 0 Å². The summed E-state index contributed by atoms with van der Waals surface area (Å²) in [7, 11) is 0. The summed E-state index contributed by atoms with van der Waals surface area (Å²) in [6, 6.07) is 0. The van der Waals surface area contributed by atoms with Gasteiger partial charge >= 0.3 is 21.1 Å². The van der Waals surface area contributed by atoms with Crippen molar-refractivity contribution in [3.05, 3.63) is 5.92 Å². The Kier molecular flexibility index (Phi) is 6.43. The molecule has 1 nitrogen and oxygen atoms in total. The summed E-state index contributed by atoms with van der Waals surface area (Å²) >= 11 is 0. The first kappa shape index (κ1) is 10.3. The molecule has 0 unspecified atom stereocenters. The summed E-state index contributed by atoms with van der Waals surface area (Å²) in [5, 5.41) is 0. The van der Waals surface area contributed by atoms with Crippen molar-refractivity contribution < 1.29 is 25.9 Å². The van der Waals surface area contributed by atoms with E-state index in [0.29, 0.717) is 0 Å². The average Bonchev–Trinajstić information content (AvgIpc) is 1.36. The molecule has 0 radical (unpaired) electrons. The van der Waals surface area contributed by atoms with Gasteiger partial charge in [0.1, 0.15) is 0 Å². The molecular weight excluding hydrogens is 260 g/mol. The summed E-state index contributed by atoms with van der Waals surface area (Å²) in [5.41, 5.74) is 0. The molecule has 0 atom stereocenters. The molecule has 0 aromatic carbocycles. The van der Waals surface area contributed by atoms with Crippen molar-refractivity contribution in [3.63, 3.8) is 0 Å². The van der Waals surface area contributed by atoms with Crippen LogP contribution < -0.4 is 0 Å². The van der Waals surface area contributed by atoms with E-state index in [1.54, 1.807) is 6.92 Å². The van der Waals surface area contributed by atoms with Gasteiger partial charge in [-0.2, -0.15) is 13.8 Å². The molecule has 0 saturated carbocycles. The van der Waals surface area contributed by atoms with Gasteiger partial charge in [0.2, 0.25) is 0 Å². The van der Waals surface area contributed by atoms with Gasteiger partial charge in [0.05, 0.1) is 0 Å². The summed E-state index contributed by atoms with van der Waals surface area (Å²) in [4.78, 5) is 10.1. The minimum Gasteiger partial charge on any atom is -0.334 e. The molecule has 0 amide bonds. The van der Waals surface area contributed by atoms with Crippen molar-refractivity contribution >= 4 is 5.78 Å². The molecule has 0 aromatic heterocycles. The van der Waals surface area contributed by atoms with E-state index < -0.39 is 0 Å². The maximum absolute atomic E-state index is 10.1. The van der Waals surface area contributed by atoms with Crippen LogP contribution in [0, 0.1) is 5.92 Å². The van der Waals surface area contributed by atoms with Crippen LogP contribution in [-0.2, 0) is 25.9 Å². The molecule has 2 heteroatoms. The number of ketones is 1. The fraction of sp³-hybridized carbons (Fsp3) is 0.600. The van der Waals surface area contributed by atoms with Crippen LogP contribution in [0.25, 0.3) is 0 Å². The Morgan fingerprint density at radius 2 is 1.57 bits per heavy atom. The molecule has 0 saturated heterocycles. The van der Waals surface area contributed by atoms with Crippen molar-refractivity contribution in [2.45, 2.75) is 20.8 Å². The molecule has 0 N–H and O–H groups in total. The molecule has 40 valence electrons. The topological polar surface area (TPSA) is 17.1 Å². The quantitative estimate of drug-likeness (QED) is 0.653. The maximum Gasteiger partial charge on any atom is 2.00 e. The van der Waals surface area contributed by atoms with Gasteiger partial charge in [-0.15, -0.1) is 0 Å². The SMILES string of the molecule is CC(=O)[C-](C)C.[W+2]. The zero-order valence-electron chi connectivity index (χ0n) is 4.82. The second kappa shape index (κ2) is 4.39. The van der Waals surface area contributed by atoms with E-state index in [0.717, 1.165) is 5.92 Å². The van der Waals surface area contributed by atoms with Gasteiger partial charge < -0.3 is 10.7 Å². The Morgan fingerprint density at radius 1 is 1.43 bits per heavy atom. The van der Waals surface area contributed by atoms with Gasteiger partial charge in [0.15, 0.2) is 0 Å². The molecule has 0 aliphatic heterocycles. The first-order valence-electron chi connectivity index (χ1n) is 1.95.